The van der Waals surface area contributed by atoms with Crippen LogP contribution in [0.25, 0.3) is 0 Å². The van der Waals surface area contributed by atoms with Crippen LogP contribution in [-0.2, 0) is 19.1 Å². The van der Waals surface area contributed by atoms with Gasteiger partial charge in [0.05, 0.1) is 12.8 Å². The lowest BCUT2D eigenvalue weighted by atomic mass is 10.1. The van der Waals surface area contributed by atoms with E-state index in [1.165, 1.54) is 24.3 Å². The van der Waals surface area contributed by atoms with Gasteiger partial charge in [-0.2, -0.15) is 10.1 Å². The smallest absolute Gasteiger partial charge is 0.355 e. The van der Waals surface area contributed by atoms with Crippen molar-refractivity contribution in [2.75, 3.05) is 18.7 Å². The normalized spacial score (nSPS) is 13.3. The van der Waals surface area contributed by atoms with Crippen LogP contribution in [0.4, 0.5) is 5.69 Å². The summed E-state index contributed by atoms with van der Waals surface area (Å²) >= 11 is 0. The Bertz CT molecular complexity index is 1090. The van der Waals surface area contributed by atoms with Gasteiger partial charge in [0.2, 0.25) is 5.91 Å². The number of hydrazone groups is 1. The van der Waals surface area contributed by atoms with E-state index in [0.717, 1.165) is 11.1 Å². The van der Waals surface area contributed by atoms with Crippen molar-refractivity contribution in [3.05, 3.63) is 59.2 Å². The maximum Gasteiger partial charge on any atom is 0.355 e. The van der Waals surface area contributed by atoms with Gasteiger partial charge in [0, 0.05) is 18.4 Å². The quantitative estimate of drug-likeness (QED) is 0.694. The molecule has 0 aliphatic carbocycles. The molecule has 0 atom stereocenters. The fraction of sp³-hybridized carbons (Fsp3) is 0.261. The largest absolute Gasteiger partial charge is 0.497 e. The topological polar surface area (TPSA) is 114 Å². The van der Waals surface area contributed by atoms with Gasteiger partial charge in [-0.1, -0.05) is 12.1 Å². The minimum atomic E-state index is -0.820. The number of aryl methyl sites for hydroxylation is 2. The van der Waals surface area contributed by atoms with Gasteiger partial charge in [0.1, 0.15) is 11.5 Å². The molecule has 0 radical (unpaired) electrons. The van der Waals surface area contributed by atoms with Crippen molar-refractivity contribution in [2.24, 2.45) is 5.10 Å². The second-order valence-corrected chi connectivity index (χ2v) is 7.22. The second kappa shape index (κ2) is 9.86. The van der Waals surface area contributed by atoms with Gasteiger partial charge in [-0.3, -0.25) is 19.7 Å². The molecule has 0 aromatic heterocycles. The van der Waals surface area contributed by atoms with Crippen LogP contribution >= 0.6 is 0 Å². The number of methoxy groups -OCH3 is 1. The number of benzene rings is 2. The number of hydrogen-bond donors (Lipinski definition) is 1. The van der Waals surface area contributed by atoms with Crippen LogP contribution in [0, 0.1) is 13.8 Å². The highest BCUT2D eigenvalue weighted by Crippen LogP contribution is 2.25. The molecule has 166 valence electrons. The molecule has 1 aliphatic rings. The van der Waals surface area contributed by atoms with Crippen LogP contribution in [0.2, 0.25) is 0 Å². The number of amides is 3. The Labute approximate surface area is 185 Å². The first kappa shape index (κ1) is 22.7. The Morgan fingerprint density at radius 2 is 1.78 bits per heavy atom. The van der Waals surface area contributed by atoms with Crippen LogP contribution in [0.15, 0.2) is 47.6 Å². The van der Waals surface area contributed by atoms with Gasteiger partial charge in [0.25, 0.3) is 11.8 Å². The standard InChI is InChI=1S/C23H23N3O6/c1-14-4-5-15(2)19(12-14)26-21(28)11-10-18(25-26)23(30)32-13-20(27)24-22(29)16-6-8-17(31-3)9-7-16/h4-9,12H,10-11,13H2,1-3H3,(H,24,27,29). The van der Waals surface area contributed by atoms with E-state index in [1.807, 2.05) is 32.0 Å². The Kier molecular flexibility index (Phi) is 6.99. The summed E-state index contributed by atoms with van der Waals surface area (Å²) in [5, 5.41) is 7.49. The molecule has 0 spiro atoms. The first-order valence-corrected chi connectivity index (χ1v) is 9.91. The SMILES string of the molecule is COc1ccc(C(=O)NC(=O)COC(=O)C2=NN(c3cc(C)ccc3C)C(=O)CC2)cc1. The lowest BCUT2D eigenvalue weighted by Gasteiger charge is -2.24. The minimum Gasteiger partial charge on any atom is -0.497 e. The summed E-state index contributed by atoms with van der Waals surface area (Å²) in [5.74, 6) is -1.89. The summed E-state index contributed by atoms with van der Waals surface area (Å²) in [6.45, 7) is 3.08. The number of ether oxygens (including phenoxy) is 2. The van der Waals surface area contributed by atoms with Crippen molar-refractivity contribution < 1.29 is 28.7 Å². The lowest BCUT2D eigenvalue weighted by molar-refractivity contribution is -0.142. The van der Waals surface area contributed by atoms with Crippen molar-refractivity contribution in [1.82, 2.24) is 5.32 Å². The summed E-state index contributed by atoms with van der Waals surface area (Å²) in [7, 11) is 1.50. The molecule has 1 aliphatic heterocycles. The van der Waals surface area contributed by atoms with Crippen molar-refractivity contribution in [3.8, 4) is 5.75 Å². The van der Waals surface area contributed by atoms with Crippen LogP contribution < -0.4 is 15.1 Å². The van der Waals surface area contributed by atoms with E-state index in [4.69, 9.17) is 9.47 Å². The van der Waals surface area contributed by atoms with Crippen LogP contribution in [0.5, 0.6) is 5.75 Å². The molecule has 0 saturated heterocycles. The molecule has 0 bridgehead atoms. The minimum absolute atomic E-state index is 0.0276. The molecule has 1 heterocycles. The van der Waals surface area contributed by atoms with E-state index in [2.05, 4.69) is 10.4 Å². The van der Waals surface area contributed by atoms with Gasteiger partial charge in [0.15, 0.2) is 6.61 Å². The van der Waals surface area contributed by atoms with E-state index in [-0.39, 0.29) is 30.0 Å². The van der Waals surface area contributed by atoms with E-state index < -0.39 is 24.4 Å². The summed E-state index contributed by atoms with van der Waals surface area (Å²) in [4.78, 5) is 48.9. The third kappa shape index (κ3) is 5.37. The van der Waals surface area contributed by atoms with Crippen molar-refractivity contribution in [3.63, 3.8) is 0 Å². The zero-order valence-electron chi connectivity index (χ0n) is 18.0. The average molecular weight is 437 g/mol. The number of carbonyl (C=O) groups excluding carboxylic acids is 4. The average Bonchev–Trinajstić information content (AvgIpc) is 2.79. The maximum absolute atomic E-state index is 12.4. The van der Waals surface area contributed by atoms with Crippen LogP contribution in [0.3, 0.4) is 0 Å². The third-order valence-corrected chi connectivity index (χ3v) is 4.80. The summed E-state index contributed by atoms with van der Waals surface area (Å²) in [6, 6.07) is 11.8. The van der Waals surface area contributed by atoms with Gasteiger partial charge in [-0.05, 0) is 55.3 Å². The monoisotopic (exact) mass is 437 g/mol. The van der Waals surface area contributed by atoms with Crippen molar-refractivity contribution >= 4 is 35.1 Å². The van der Waals surface area contributed by atoms with Gasteiger partial charge >= 0.3 is 5.97 Å². The van der Waals surface area contributed by atoms with Crippen molar-refractivity contribution in [2.45, 2.75) is 26.7 Å². The maximum atomic E-state index is 12.4. The van der Waals surface area contributed by atoms with E-state index in [1.54, 1.807) is 12.1 Å². The number of carbonyl (C=O) groups is 4. The molecular formula is C23H23N3O6. The first-order valence-electron chi connectivity index (χ1n) is 9.91. The van der Waals surface area contributed by atoms with E-state index >= 15 is 0 Å². The molecule has 3 amide bonds. The first-order chi connectivity index (χ1) is 15.3. The molecule has 0 fully saturated rings. The predicted molar refractivity (Wildman–Crippen MR) is 116 cm³/mol. The molecule has 0 saturated carbocycles. The van der Waals surface area contributed by atoms with Gasteiger partial charge < -0.3 is 9.47 Å². The van der Waals surface area contributed by atoms with Gasteiger partial charge in [-0.15, -0.1) is 0 Å². The number of nitrogens with one attached hydrogen (secondary N) is 1. The number of nitrogens with zero attached hydrogens (tertiary/aromatic N) is 2. The highest BCUT2D eigenvalue weighted by Gasteiger charge is 2.28. The molecule has 9 nitrogen and oxygen atoms in total. The predicted octanol–water partition coefficient (Wildman–Crippen LogP) is 2.29. The zero-order valence-corrected chi connectivity index (χ0v) is 18.0. The highest BCUT2D eigenvalue weighted by molar-refractivity contribution is 6.38. The highest BCUT2D eigenvalue weighted by atomic mass is 16.5. The molecule has 2 aromatic rings. The molecule has 2 aromatic carbocycles. The van der Waals surface area contributed by atoms with E-state index in [0.29, 0.717) is 11.4 Å². The lowest BCUT2D eigenvalue weighted by Crippen LogP contribution is -2.37. The summed E-state index contributed by atoms with van der Waals surface area (Å²) < 4.78 is 10.0. The number of esters is 1. The Morgan fingerprint density at radius 3 is 2.47 bits per heavy atom. The Hall–Kier alpha value is -4.01. The molecule has 1 N–H and O–H groups in total. The molecule has 3 rings (SSSR count). The Balaban J connectivity index is 1.60. The van der Waals surface area contributed by atoms with E-state index in [9.17, 15) is 19.2 Å². The number of imide groups is 1. The molecule has 32 heavy (non-hydrogen) atoms. The molecular weight excluding hydrogens is 414 g/mol. The van der Waals surface area contributed by atoms with Crippen molar-refractivity contribution in [1.29, 1.82) is 0 Å². The second-order valence-electron chi connectivity index (χ2n) is 7.22. The van der Waals surface area contributed by atoms with Crippen LogP contribution in [0.1, 0.15) is 34.3 Å². The molecule has 9 heteroatoms. The van der Waals surface area contributed by atoms with Crippen LogP contribution in [-0.4, -0.2) is 43.1 Å². The summed E-state index contributed by atoms with van der Waals surface area (Å²) in [6.07, 6.45) is 0.189. The third-order valence-electron chi connectivity index (χ3n) is 4.80. The number of anilines is 1. The number of rotatable bonds is 6. The molecule has 0 unspecified atom stereocenters. The number of hydrogen-bond acceptors (Lipinski definition) is 7. The summed E-state index contributed by atoms with van der Waals surface area (Å²) in [5.41, 5.74) is 2.65. The Morgan fingerprint density at radius 1 is 1.06 bits per heavy atom. The zero-order chi connectivity index (χ0) is 23.3. The fourth-order valence-corrected chi connectivity index (χ4v) is 3.03. The van der Waals surface area contributed by atoms with Gasteiger partial charge in [-0.25, -0.2) is 4.79 Å². The fourth-order valence-electron chi connectivity index (χ4n) is 3.03.